The van der Waals surface area contributed by atoms with E-state index in [9.17, 15) is 41.0 Å². The van der Waals surface area contributed by atoms with Crippen LogP contribution in [0.15, 0.2) is 17.0 Å². The minimum absolute atomic E-state index is 0.215. The topological polar surface area (TPSA) is 114 Å². The highest BCUT2D eigenvalue weighted by atomic mass is 35.5. The first-order valence-electron chi connectivity index (χ1n) is 6.70. The van der Waals surface area contributed by atoms with Gasteiger partial charge in [0.2, 0.25) is 0 Å². The zero-order valence-electron chi connectivity index (χ0n) is 13.5. The van der Waals surface area contributed by atoms with Gasteiger partial charge in [0.05, 0.1) is 10.0 Å². The molecule has 1 aromatic heterocycles. The van der Waals surface area contributed by atoms with Crippen molar-refractivity contribution in [3.05, 3.63) is 27.9 Å². The van der Waals surface area contributed by atoms with Crippen molar-refractivity contribution in [1.82, 2.24) is 9.78 Å². The van der Waals surface area contributed by atoms with Crippen LogP contribution in [0, 0.1) is 11.3 Å². The SMILES string of the molecule is N#Cc1nn(-c2c(Cl)cc(S(F)(F)(F)(F)F)cc2Cl)c(N)c1NS(=O)(=O)C(F)(F)F. The van der Waals surface area contributed by atoms with Gasteiger partial charge in [-0.1, -0.05) is 42.6 Å². The monoisotopic (exact) mass is 525 g/mol. The molecule has 0 atom stereocenters. The predicted octanol–water partition coefficient (Wildman–Crippen LogP) is 5.55. The lowest BCUT2D eigenvalue weighted by molar-refractivity contribution is -0.0429. The maximum atomic E-state index is 13.0. The van der Waals surface area contributed by atoms with Gasteiger partial charge in [-0.3, -0.25) is 4.72 Å². The van der Waals surface area contributed by atoms with E-state index >= 15 is 0 Å². The molecule has 0 spiro atoms. The maximum Gasteiger partial charge on any atom is 0.516 e. The second-order valence-corrected chi connectivity index (χ2v) is 10.3. The van der Waals surface area contributed by atoms with Crippen molar-refractivity contribution < 1.29 is 41.0 Å². The zero-order valence-corrected chi connectivity index (χ0v) is 16.6. The largest absolute Gasteiger partial charge is 0.516 e. The van der Waals surface area contributed by atoms with Gasteiger partial charge in [-0.2, -0.15) is 31.9 Å². The van der Waals surface area contributed by atoms with Crippen LogP contribution in [0.3, 0.4) is 0 Å². The Hall–Kier alpha value is -2.16. The van der Waals surface area contributed by atoms with Gasteiger partial charge in [0, 0.05) is 0 Å². The van der Waals surface area contributed by atoms with E-state index in [1.165, 1.54) is 6.07 Å². The zero-order chi connectivity index (χ0) is 23.6. The molecule has 0 aliphatic rings. The van der Waals surface area contributed by atoms with Gasteiger partial charge in [0.25, 0.3) is 0 Å². The van der Waals surface area contributed by atoms with Crippen LogP contribution in [0.4, 0.5) is 44.1 Å². The highest BCUT2D eigenvalue weighted by molar-refractivity contribution is 8.45. The molecular weight excluding hydrogens is 521 g/mol. The Morgan fingerprint density at radius 2 is 1.60 bits per heavy atom. The Labute approximate surface area is 171 Å². The average Bonchev–Trinajstić information content (AvgIpc) is 2.79. The van der Waals surface area contributed by atoms with Crippen molar-refractivity contribution in [2.45, 2.75) is 10.4 Å². The number of aromatic nitrogens is 2. The van der Waals surface area contributed by atoms with E-state index < -0.39 is 63.6 Å². The second kappa shape index (κ2) is 6.18. The molecule has 0 bridgehead atoms. The molecule has 0 radical (unpaired) electrons. The molecule has 1 aromatic carbocycles. The number of rotatable bonds is 4. The highest BCUT2D eigenvalue weighted by Crippen LogP contribution is 3.02. The molecule has 19 heteroatoms. The highest BCUT2D eigenvalue weighted by Gasteiger charge is 2.65. The number of halogens is 10. The van der Waals surface area contributed by atoms with Gasteiger partial charge in [-0.15, -0.1) is 0 Å². The number of nitrogen functional groups attached to an aromatic ring is 1. The maximum absolute atomic E-state index is 13.0. The summed E-state index contributed by atoms with van der Waals surface area (Å²) in [6, 6.07) is 0.723. The molecule has 0 amide bonds. The lowest BCUT2D eigenvalue weighted by atomic mass is 10.3. The molecule has 168 valence electrons. The first kappa shape index (κ1) is 24.1. The Kier molecular flexibility index (Phi) is 4.97. The number of nitriles is 1. The fourth-order valence-electron chi connectivity index (χ4n) is 1.94. The van der Waals surface area contributed by atoms with Crippen molar-refractivity contribution in [2.24, 2.45) is 0 Å². The Morgan fingerprint density at radius 1 is 1.13 bits per heavy atom. The first-order valence-corrected chi connectivity index (χ1v) is 10.9. The smallest absolute Gasteiger partial charge is 0.382 e. The van der Waals surface area contributed by atoms with Gasteiger partial charge in [-0.05, 0) is 12.1 Å². The summed E-state index contributed by atoms with van der Waals surface area (Å²) in [5.74, 6) is -1.05. The summed E-state index contributed by atoms with van der Waals surface area (Å²) >= 11 is 11.1. The van der Waals surface area contributed by atoms with Crippen LogP contribution in [0.1, 0.15) is 5.69 Å². The number of sulfonamides is 1. The van der Waals surface area contributed by atoms with Gasteiger partial charge in [0.15, 0.2) is 11.5 Å². The van der Waals surface area contributed by atoms with Crippen LogP contribution in [-0.4, -0.2) is 23.7 Å². The van der Waals surface area contributed by atoms with E-state index in [2.05, 4.69) is 5.10 Å². The number of alkyl halides is 3. The minimum atomic E-state index is -10.2. The third kappa shape index (κ3) is 4.45. The number of nitrogens with one attached hydrogen (secondary N) is 1. The van der Waals surface area contributed by atoms with Gasteiger partial charge < -0.3 is 5.73 Å². The van der Waals surface area contributed by atoms with E-state index in [1.807, 2.05) is 0 Å². The molecule has 0 aliphatic heterocycles. The van der Waals surface area contributed by atoms with Crippen molar-refractivity contribution >= 4 is 55.0 Å². The number of hydrogen-bond donors (Lipinski definition) is 2. The van der Waals surface area contributed by atoms with Crippen molar-refractivity contribution in [1.29, 1.82) is 5.26 Å². The lowest BCUT2D eigenvalue weighted by Gasteiger charge is -2.40. The molecule has 7 nitrogen and oxygen atoms in total. The van der Waals surface area contributed by atoms with Crippen LogP contribution < -0.4 is 10.5 Å². The quantitative estimate of drug-likeness (QED) is 0.508. The summed E-state index contributed by atoms with van der Waals surface area (Å²) in [5, 5.41) is 10.0. The number of nitrogens with two attached hydrogens (primary N) is 1. The van der Waals surface area contributed by atoms with Gasteiger partial charge >= 0.3 is 25.8 Å². The summed E-state index contributed by atoms with van der Waals surface area (Å²) in [5.41, 5.74) is -3.46. The molecule has 0 unspecified atom stereocenters. The van der Waals surface area contributed by atoms with Crippen LogP contribution in [0.5, 0.6) is 0 Å². The third-order valence-electron chi connectivity index (χ3n) is 3.22. The fraction of sp³-hybridized carbons (Fsp3) is 0.0909. The number of anilines is 2. The van der Waals surface area contributed by atoms with Crippen molar-refractivity contribution in [3.63, 3.8) is 0 Å². The molecule has 30 heavy (non-hydrogen) atoms. The van der Waals surface area contributed by atoms with E-state index in [1.54, 1.807) is 0 Å². The number of hydrogen-bond acceptors (Lipinski definition) is 5. The Bertz CT molecular complexity index is 1180. The summed E-state index contributed by atoms with van der Waals surface area (Å²) in [7, 11) is -16.3. The third-order valence-corrected chi connectivity index (χ3v) is 6.00. The molecule has 1 heterocycles. The van der Waals surface area contributed by atoms with Crippen molar-refractivity contribution in [3.8, 4) is 11.8 Å². The van der Waals surface area contributed by atoms with Crippen LogP contribution in [0.2, 0.25) is 10.0 Å². The molecule has 0 saturated heterocycles. The molecule has 2 rings (SSSR count). The normalized spacial score (nSPS) is 15.2. The summed E-state index contributed by atoms with van der Waals surface area (Å²) < 4.78 is 126. The van der Waals surface area contributed by atoms with Crippen LogP contribution >= 0.6 is 33.4 Å². The Balaban J connectivity index is 2.74. The lowest BCUT2D eigenvalue weighted by Crippen LogP contribution is -2.30. The van der Waals surface area contributed by atoms with E-state index in [4.69, 9.17) is 34.2 Å². The summed E-state index contributed by atoms with van der Waals surface area (Å²) in [6.07, 6.45) is 0. The molecule has 0 aliphatic carbocycles. The van der Waals surface area contributed by atoms with E-state index in [0.29, 0.717) is 0 Å². The minimum Gasteiger partial charge on any atom is -0.382 e. The number of benzene rings is 1. The molecule has 0 fully saturated rings. The molecule has 3 N–H and O–H groups in total. The van der Waals surface area contributed by atoms with Gasteiger partial charge in [-0.25, -0.2) is 4.68 Å². The van der Waals surface area contributed by atoms with Crippen molar-refractivity contribution in [2.75, 3.05) is 10.5 Å². The molecular formula is C11H5Cl2F8N5O2S2. The average molecular weight is 526 g/mol. The summed E-state index contributed by atoms with van der Waals surface area (Å²) in [6.45, 7) is 0. The second-order valence-electron chi connectivity index (χ2n) is 5.39. The van der Waals surface area contributed by atoms with E-state index in [0.717, 1.165) is 4.72 Å². The summed E-state index contributed by atoms with van der Waals surface area (Å²) in [4.78, 5) is -2.49. The van der Waals surface area contributed by atoms with E-state index in [-0.39, 0.29) is 16.8 Å². The fourth-order valence-corrected chi connectivity index (χ4v) is 3.98. The number of nitrogens with zero attached hydrogens (tertiary/aromatic N) is 3. The van der Waals surface area contributed by atoms with Crippen LogP contribution in [0.25, 0.3) is 5.69 Å². The predicted molar refractivity (Wildman–Crippen MR) is 92.7 cm³/mol. The van der Waals surface area contributed by atoms with Crippen LogP contribution in [-0.2, 0) is 10.0 Å². The Morgan fingerprint density at radius 3 is 1.97 bits per heavy atom. The van der Waals surface area contributed by atoms with Gasteiger partial charge in [0.1, 0.15) is 22.3 Å². The standard InChI is InChI=1S/C11H5Cl2F8N5O2S2/c12-5-1-4(30(17,18,19,20)21)2-6(13)9(5)26-10(23)8(7(3-22)24-26)25-29(27,28)11(14,15)16/h1-2,25H,23H2. The molecule has 2 aromatic rings. The first-order chi connectivity index (χ1) is 13.1. The molecule has 0 saturated carbocycles.